The fraction of sp³-hybridized carbons (Fsp3) is 0.500. The maximum absolute atomic E-state index is 5.85. The minimum atomic E-state index is 0.260. The van der Waals surface area contributed by atoms with Crippen LogP contribution in [0.2, 0.25) is 0 Å². The van der Waals surface area contributed by atoms with Crippen LogP contribution in [0.15, 0.2) is 48.8 Å². The first-order valence-corrected chi connectivity index (χ1v) is 12.2. The molecule has 7 nitrogen and oxygen atoms in total. The van der Waals surface area contributed by atoms with Crippen molar-refractivity contribution in [2.24, 2.45) is 0 Å². The van der Waals surface area contributed by atoms with Crippen molar-refractivity contribution in [1.29, 1.82) is 0 Å². The zero-order chi connectivity index (χ0) is 22.6. The minimum Gasteiger partial charge on any atom is -0.376 e. The van der Waals surface area contributed by atoms with Gasteiger partial charge < -0.3 is 9.64 Å². The number of hydrogen-bond acceptors (Lipinski definition) is 6. The zero-order valence-corrected chi connectivity index (χ0v) is 19.7. The Kier molecular flexibility index (Phi) is 6.69. The molecule has 2 aliphatic rings. The van der Waals surface area contributed by atoms with Gasteiger partial charge in [-0.2, -0.15) is 0 Å². The summed E-state index contributed by atoms with van der Waals surface area (Å²) in [6.07, 6.45) is 7.71. The molecule has 2 aliphatic heterocycles. The van der Waals surface area contributed by atoms with Gasteiger partial charge in [0.1, 0.15) is 5.69 Å². The highest BCUT2D eigenvalue weighted by atomic mass is 16.5. The van der Waals surface area contributed by atoms with Crippen LogP contribution < -0.4 is 4.90 Å². The molecule has 3 aromatic rings. The van der Waals surface area contributed by atoms with Crippen molar-refractivity contribution in [3.8, 4) is 11.3 Å². The summed E-state index contributed by atoms with van der Waals surface area (Å²) in [6.45, 7) is 10.2. The van der Waals surface area contributed by atoms with Crippen LogP contribution in [0, 0.1) is 6.92 Å². The second-order valence-electron chi connectivity index (χ2n) is 9.27. The zero-order valence-electron chi connectivity index (χ0n) is 19.7. The normalized spacial score (nSPS) is 20.7. The molecule has 0 aliphatic carbocycles. The number of anilines is 1. The van der Waals surface area contributed by atoms with Crippen molar-refractivity contribution in [2.45, 2.75) is 51.8 Å². The van der Waals surface area contributed by atoms with Crippen molar-refractivity contribution in [3.05, 3.63) is 60.0 Å². The molecular weight excluding hydrogens is 412 g/mol. The molecule has 2 fully saturated rings. The first kappa shape index (κ1) is 22.0. The fourth-order valence-corrected chi connectivity index (χ4v) is 4.98. The molecule has 0 spiro atoms. The molecule has 2 aromatic heterocycles. The lowest BCUT2D eigenvalue weighted by molar-refractivity contribution is 0.00370. The van der Waals surface area contributed by atoms with Gasteiger partial charge in [-0.15, -0.1) is 5.10 Å². The number of nitrogens with zero attached hydrogens (tertiary/aromatic N) is 6. The Hall–Kier alpha value is -2.77. The maximum Gasteiger partial charge on any atom is 0.113 e. The van der Waals surface area contributed by atoms with Crippen LogP contribution in [-0.2, 0) is 11.3 Å². The Balaban J connectivity index is 1.21. The Morgan fingerprint density at radius 1 is 1.09 bits per heavy atom. The van der Waals surface area contributed by atoms with Gasteiger partial charge in [0.25, 0.3) is 0 Å². The number of aryl methyl sites for hydroxylation is 1. The molecule has 4 heterocycles. The highest BCUT2D eigenvalue weighted by Crippen LogP contribution is 2.28. The second kappa shape index (κ2) is 10.0. The van der Waals surface area contributed by atoms with Gasteiger partial charge in [-0.1, -0.05) is 17.3 Å². The number of ether oxygens (including phenoxy) is 1. The lowest BCUT2D eigenvalue weighted by Gasteiger charge is -2.39. The SMILES string of the molecule is Cc1cc(N2CCN([C@@H](C)c3ccccn3)CC2)ccc1-c1cn(C[C@H]2CCCCO2)nn1. The first-order chi connectivity index (χ1) is 16.2. The van der Waals surface area contributed by atoms with Crippen LogP contribution in [0.4, 0.5) is 5.69 Å². The van der Waals surface area contributed by atoms with Crippen molar-refractivity contribution >= 4 is 5.69 Å². The summed E-state index contributed by atoms with van der Waals surface area (Å²) < 4.78 is 7.78. The molecule has 1 aromatic carbocycles. The number of pyridine rings is 1. The molecule has 0 unspecified atom stereocenters. The first-order valence-electron chi connectivity index (χ1n) is 12.2. The standard InChI is InChI=1S/C26H34N6O/c1-20-17-22(31-14-12-30(13-15-31)21(2)25-8-3-5-11-27-25)9-10-24(20)26-19-32(29-28-26)18-23-7-4-6-16-33-23/h3,5,8-11,17,19,21,23H,4,6-7,12-16,18H2,1-2H3/t21-,23+/m0/s1. The Morgan fingerprint density at radius 3 is 2.70 bits per heavy atom. The van der Waals surface area contributed by atoms with Crippen molar-refractivity contribution in [1.82, 2.24) is 24.9 Å². The third kappa shape index (κ3) is 5.09. The highest BCUT2D eigenvalue weighted by Gasteiger charge is 2.23. The van der Waals surface area contributed by atoms with Crippen molar-refractivity contribution in [2.75, 3.05) is 37.7 Å². The van der Waals surface area contributed by atoms with E-state index in [2.05, 4.69) is 75.5 Å². The van der Waals surface area contributed by atoms with Gasteiger partial charge in [-0.3, -0.25) is 9.88 Å². The average molecular weight is 447 g/mol. The Morgan fingerprint density at radius 2 is 1.97 bits per heavy atom. The summed E-state index contributed by atoms with van der Waals surface area (Å²) in [6, 6.07) is 13.2. The lowest BCUT2D eigenvalue weighted by atomic mass is 10.0. The van der Waals surface area contributed by atoms with Gasteiger partial charge in [0.15, 0.2) is 0 Å². The van der Waals surface area contributed by atoms with Crippen LogP contribution in [0.25, 0.3) is 11.3 Å². The second-order valence-corrected chi connectivity index (χ2v) is 9.27. The number of aromatic nitrogens is 4. The number of benzene rings is 1. The molecule has 2 atom stereocenters. The number of piperazine rings is 1. The number of rotatable bonds is 6. The topological polar surface area (TPSA) is 59.3 Å². The minimum absolute atomic E-state index is 0.260. The smallest absolute Gasteiger partial charge is 0.113 e. The predicted molar refractivity (Wildman–Crippen MR) is 130 cm³/mol. The van der Waals surface area contributed by atoms with Crippen LogP contribution in [0.5, 0.6) is 0 Å². The molecule has 7 heteroatoms. The molecule has 2 saturated heterocycles. The van der Waals surface area contributed by atoms with Crippen LogP contribution in [0.3, 0.4) is 0 Å². The van der Waals surface area contributed by atoms with Gasteiger partial charge in [0.2, 0.25) is 0 Å². The monoisotopic (exact) mass is 446 g/mol. The Labute approximate surface area is 196 Å². The maximum atomic E-state index is 5.85. The summed E-state index contributed by atoms with van der Waals surface area (Å²) in [4.78, 5) is 9.54. The molecule has 0 amide bonds. The van der Waals surface area contributed by atoms with E-state index >= 15 is 0 Å². The molecule has 0 bridgehead atoms. The summed E-state index contributed by atoms with van der Waals surface area (Å²) in [7, 11) is 0. The van der Waals surface area contributed by atoms with E-state index in [-0.39, 0.29) is 6.10 Å². The van der Waals surface area contributed by atoms with Gasteiger partial charge in [0, 0.05) is 56.3 Å². The molecule has 33 heavy (non-hydrogen) atoms. The molecule has 0 saturated carbocycles. The van der Waals surface area contributed by atoms with E-state index in [9.17, 15) is 0 Å². The van der Waals surface area contributed by atoms with E-state index < -0.39 is 0 Å². The fourth-order valence-electron chi connectivity index (χ4n) is 4.98. The van der Waals surface area contributed by atoms with E-state index in [1.165, 1.54) is 24.1 Å². The van der Waals surface area contributed by atoms with Gasteiger partial charge in [-0.25, -0.2) is 4.68 Å². The molecule has 0 radical (unpaired) electrons. The van der Waals surface area contributed by atoms with E-state index in [1.54, 1.807) is 0 Å². The number of hydrogen-bond donors (Lipinski definition) is 0. The van der Waals surface area contributed by atoms with Crippen molar-refractivity contribution in [3.63, 3.8) is 0 Å². The van der Waals surface area contributed by atoms with E-state index in [0.29, 0.717) is 6.04 Å². The van der Waals surface area contributed by atoms with Gasteiger partial charge in [0.05, 0.1) is 24.5 Å². The lowest BCUT2D eigenvalue weighted by Crippen LogP contribution is -2.47. The van der Waals surface area contributed by atoms with Gasteiger partial charge in [-0.05, 0) is 62.9 Å². The molecule has 0 N–H and O–H groups in total. The van der Waals surface area contributed by atoms with E-state index in [1.807, 2.05) is 16.9 Å². The van der Waals surface area contributed by atoms with Crippen LogP contribution in [0.1, 0.15) is 43.5 Å². The van der Waals surface area contributed by atoms with E-state index in [4.69, 9.17) is 4.74 Å². The largest absolute Gasteiger partial charge is 0.376 e. The van der Waals surface area contributed by atoms with Crippen molar-refractivity contribution < 1.29 is 4.74 Å². The summed E-state index contributed by atoms with van der Waals surface area (Å²) in [5.41, 5.74) is 5.75. The summed E-state index contributed by atoms with van der Waals surface area (Å²) >= 11 is 0. The predicted octanol–water partition coefficient (Wildman–Crippen LogP) is 4.10. The molecule has 174 valence electrons. The third-order valence-corrected chi connectivity index (χ3v) is 7.03. The average Bonchev–Trinajstić information content (AvgIpc) is 3.33. The highest BCUT2D eigenvalue weighted by molar-refractivity contribution is 5.67. The van der Waals surface area contributed by atoms with Crippen LogP contribution >= 0.6 is 0 Å². The third-order valence-electron chi connectivity index (χ3n) is 7.03. The van der Waals surface area contributed by atoms with E-state index in [0.717, 1.165) is 62.7 Å². The molecule has 5 rings (SSSR count). The quantitative estimate of drug-likeness (QED) is 0.568. The Bertz CT molecular complexity index is 1040. The van der Waals surface area contributed by atoms with Gasteiger partial charge >= 0.3 is 0 Å². The van der Waals surface area contributed by atoms with Crippen LogP contribution in [-0.4, -0.2) is 63.8 Å². The summed E-state index contributed by atoms with van der Waals surface area (Å²) in [5, 5.41) is 8.80. The molecular formula is C26H34N6O. The summed E-state index contributed by atoms with van der Waals surface area (Å²) in [5.74, 6) is 0.